The summed E-state index contributed by atoms with van der Waals surface area (Å²) in [4.78, 5) is 3.78. The summed E-state index contributed by atoms with van der Waals surface area (Å²) < 4.78 is 0. The SMILES string of the molecule is C=Cc1c(Cl)cncc1Cl. The molecular formula is C7H5Cl2N. The molecule has 1 heterocycles. The van der Waals surface area contributed by atoms with Crippen LogP contribution in [0.2, 0.25) is 10.0 Å². The first-order valence-electron chi connectivity index (χ1n) is 2.67. The molecule has 1 nitrogen and oxygen atoms in total. The van der Waals surface area contributed by atoms with E-state index in [2.05, 4.69) is 11.6 Å². The molecule has 0 saturated heterocycles. The molecular weight excluding hydrogens is 169 g/mol. The lowest BCUT2D eigenvalue weighted by Gasteiger charge is -1.97. The lowest BCUT2D eigenvalue weighted by molar-refractivity contribution is 1.32. The molecule has 0 fully saturated rings. The Kier molecular flexibility index (Phi) is 2.30. The summed E-state index contributed by atoms with van der Waals surface area (Å²) in [5, 5.41) is 1.06. The van der Waals surface area contributed by atoms with Crippen molar-refractivity contribution in [3.8, 4) is 0 Å². The van der Waals surface area contributed by atoms with Gasteiger partial charge in [-0.2, -0.15) is 0 Å². The van der Waals surface area contributed by atoms with Crippen molar-refractivity contribution in [1.29, 1.82) is 0 Å². The highest BCUT2D eigenvalue weighted by atomic mass is 35.5. The van der Waals surface area contributed by atoms with Crippen LogP contribution in [-0.2, 0) is 0 Å². The lowest BCUT2D eigenvalue weighted by Crippen LogP contribution is -1.78. The fourth-order valence-corrected chi connectivity index (χ4v) is 1.14. The van der Waals surface area contributed by atoms with Gasteiger partial charge in [0.25, 0.3) is 0 Å². The Morgan fingerprint density at radius 2 is 1.80 bits per heavy atom. The van der Waals surface area contributed by atoms with Gasteiger partial charge in [-0.15, -0.1) is 0 Å². The van der Waals surface area contributed by atoms with Crippen LogP contribution in [0.5, 0.6) is 0 Å². The van der Waals surface area contributed by atoms with Crippen molar-refractivity contribution >= 4 is 29.3 Å². The molecule has 0 atom stereocenters. The van der Waals surface area contributed by atoms with Crippen LogP contribution < -0.4 is 0 Å². The van der Waals surface area contributed by atoms with Crippen molar-refractivity contribution in [2.24, 2.45) is 0 Å². The van der Waals surface area contributed by atoms with Gasteiger partial charge in [0.2, 0.25) is 0 Å². The second-order valence-corrected chi connectivity index (χ2v) is 2.54. The van der Waals surface area contributed by atoms with E-state index >= 15 is 0 Å². The summed E-state index contributed by atoms with van der Waals surface area (Å²) >= 11 is 11.4. The second kappa shape index (κ2) is 3.04. The number of hydrogen-bond donors (Lipinski definition) is 0. The standard InChI is InChI=1S/C7H5Cl2N/c1-2-5-6(8)3-10-4-7(5)9/h2-4H,1H2. The minimum atomic E-state index is 0.530. The lowest BCUT2D eigenvalue weighted by atomic mass is 10.3. The fraction of sp³-hybridized carbons (Fsp3) is 0. The fourth-order valence-electron chi connectivity index (χ4n) is 0.616. The van der Waals surface area contributed by atoms with Crippen LogP contribution in [0.3, 0.4) is 0 Å². The van der Waals surface area contributed by atoms with Crippen molar-refractivity contribution in [3.05, 3.63) is 34.6 Å². The van der Waals surface area contributed by atoms with Crippen LogP contribution in [0.15, 0.2) is 19.0 Å². The van der Waals surface area contributed by atoms with Gasteiger partial charge in [-0.05, 0) is 0 Å². The molecule has 0 aliphatic heterocycles. The predicted molar refractivity (Wildman–Crippen MR) is 44.3 cm³/mol. The average molecular weight is 174 g/mol. The van der Waals surface area contributed by atoms with E-state index < -0.39 is 0 Å². The van der Waals surface area contributed by atoms with Gasteiger partial charge < -0.3 is 0 Å². The Labute approximate surface area is 69.3 Å². The highest BCUT2D eigenvalue weighted by Crippen LogP contribution is 2.23. The molecule has 0 spiro atoms. The monoisotopic (exact) mass is 173 g/mol. The van der Waals surface area contributed by atoms with Crippen molar-refractivity contribution in [2.45, 2.75) is 0 Å². The first-order valence-corrected chi connectivity index (χ1v) is 3.42. The maximum absolute atomic E-state index is 5.71. The molecule has 3 heteroatoms. The minimum Gasteiger partial charge on any atom is -0.262 e. The summed E-state index contributed by atoms with van der Waals surface area (Å²) in [7, 11) is 0. The molecule has 0 amide bonds. The van der Waals surface area contributed by atoms with Gasteiger partial charge in [0.15, 0.2) is 0 Å². The number of aromatic nitrogens is 1. The van der Waals surface area contributed by atoms with Crippen molar-refractivity contribution in [3.63, 3.8) is 0 Å². The molecule has 52 valence electrons. The van der Waals surface area contributed by atoms with E-state index in [0.29, 0.717) is 10.0 Å². The quantitative estimate of drug-likeness (QED) is 0.637. The van der Waals surface area contributed by atoms with Gasteiger partial charge in [-0.25, -0.2) is 0 Å². The van der Waals surface area contributed by atoms with E-state index in [1.807, 2.05) is 0 Å². The van der Waals surface area contributed by atoms with Crippen LogP contribution in [0.25, 0.3) is 6.08 Å². The average Bonchev–Trinajstić information content (AvgIpc) is 1.88. The van der Waals surface area contributed by atoms with Crippen LogP contribution in [0.4, 0.5) is 0 Å². The second-order valence-electron chi connectivity index (χ2n) is 1.72. The van der Waals surface area contributed by atoms with Crippen LogP contribution in [0.1, 0.15) is 5.56 Å². The third kappa shape index (κ3) is 1.31. The van der Waals surface area contributed by atoms with Gasteiger partial charge in [0, 0.05) is 18.0 Å². The molecule has 0 N–H and O–H groups in total. The van der Waals surface area contributed by atoms with Gasteiger partial charge in [0.1, 0.15) is 0 Å². The van der Waals surface area contributed by atoms with Crippen LogP contribution >= 0.6 is 23.2 Å². The summed E-state index contributed by atoms with van der Waals surface area (Å²) in [6.07, 6.45) is 4.67. The van der Waals surface area contributed by atoms with Gasteiger partial charge >= 0.3 is 0 Å². The minimum absolute atomic E-state index is 0.530. The first-order chi connectivity index (χ1) is 4.75. The maximum Gasteiger partial charge on any atom is 0.0676 e. The highest BCUT2D eigenvalue weighted by Gasteiger charge is 1.99. The largest absolute Gasteiger partial charge is 0.262 e. The number of hydrogen-bond acceptors (Lipinski definition) is 1. The highest BCUT2D eigenvalue weighted by molar-refractivity contribution is 6.36. The Balaban J connectivity index is 3.30. The van der Waals surface area contributed by atoms with E-state index in [0.717, 1.165) is 5.56 Å². The number of halogens is 2. The Bertz CT molecular complexity index is 238. The summed E-state index contributed by atoms with van der Waals surface area (Å²) in [6, 6.07) is 0. The molecule has 0 unspecified atom stereocenters. The van der Waals surface area contributed by atoms with Gasteiger partial charge in [-0.1, -0.05) is 35.9 Å². The van der Waals surface area contributed by atoms with Crippen molar-refractivity contribution in [1.82, 2.24) is 4.98 Å². The molecule has 10 heavy (non-hydrogen) atoms. The van der Waals surface area contributed by atoms with Gasteiger partial charge in [0.05, 0.1) is 10.0 Å². The van der Waals surface area contributed by atoms with E-state index in [-0.39, 0.29) is 0 Å². The van der Waals surface area contributed by atoms with E-state index in [4.69, 9.17) is 23.2 Å². The van der Waals surface area contributed by atoms with Crippen LogP contribution in [0, 0.1) is 0 Å². The molecule has 0 bridgehead atoms. The molecule has 0 saturated carbocycles. The molecule has 1 aromatic heterocycles. The number of rotatable bonds is 1. The molecule has 0 aromatic carbocycles. The van der Waals surface area contributed by atoms with Gasteiger partial charge in [-0.3, -0.25) is 4.98 Å². The smallest absolute Gasteiger partial charge is 0.0676 e. The summed E-state index contributed by atoms with van der Waals surface area (Å²) in [6.45, 7) is 3.56. The van der Waals surface area contributed by atoms with Crippen LogP contribution in [-0.4, -0.2) is 4.98 Å². The predicted octanol–water partition coefficient (Wildman–Crippen LogP) is 3.03. The molecule has 0 radical (unpaired) electrons. The van der Waals surface area contributed by atoms with Crippen molar-refractivity contribution in [2.75, 3.05) is 0 Å². The normalized spacial score (nSPS) is 9.40. The Hall–Kier alpha value is -0.530. The number of nitrogens with zero attached hydrogens (tertiary/aromatic N) is 1. The zero-order valence-electron chi connectivity index (χ0n) is 5.14. The Morgan fingerprint density at radius 1 is 1.30 bits per heavy atom. The third-order valence-electron chi connectivity index (χ3n) is 1.09. The van der Waals surface area contributed by atoms with E-state index in [1.165, 1.54) is 12.4 Å². The zero-order valence-corrected chi connectivity index (χ0v) is 6.65. The third-order valence-corrected chi connectivity index (χ3v) is 1.70. The van der Waals surface area contributed by atoms with Crippen molar-refractivity contribution < 1.29 is 0 Å². The molecule has 1 rings (SSSR count). The summed E-state index contributed by atoms with van der Waals surface area (Å²) in [5.74, 6) is 0. The number of pyridine rings is 1. The van der Waals surface area contributed by atoms with E-state index in [1.54, 1.807) is 6.08 Å². The first kappa shape index (κ1) is 7.58. The topological polar surface area (TPSA) is 12.9 Å². The molecule has 0 aliphatic carbocycles. The molecule has 1 aromatic rings. The Morgan fingerprint density at radius 3 is 2.10 bits per heavy atom. The van der Waals surface area contributed by atoms with E-state index in [9.17, 15) is 0 Å². The molecule has 0 aliphatic rings. The zero-order chi connectivity index (χ0) is 7.56. The maximum atomic E-state index is 5.71. The summed E-state index contributed by atoms with van der Waals surface area (Å²) in [5.41, 5.74) is 0.735.